The maximum absolute atomic E-state index is 12.5. The van der Waals surface area contributed by atoms with E-state index >= 15 is 0 Å². The Morgan fingerprint density at radius 3 is 2.19 bits per heavy atom. The molecule has 1 saturated heterocycles. The summed E-state index contributed by atoms with van der Waals surface area (Å²) in [5.41, 5.74) is 0.264. The standard InChI is InChI=1S/C21H40NO4S/c1-17(2)12-18(3)14-26-21(15-25-16-27(23,24)22(6,7)8)11-9-10-19(21,4)20(18,5)13-17/h9-16H2,1-8H3/q+1. The van der Waals surface area contributed by atoms with Gasteiger partial charge in [-0.2, -0.15) is 8.42 Å². The summed E-state index contributed by atoms with van der Waals surface area (Å²) in [6.07, 6.45) is 5.57. The molecule has 5 nitrogen and oxygen atoms in total. The van der Waals surface area contributed by atoms with Crippen LogP contribution in [-0.2, 0) is 19.5 Å². The maximum atomic E-state index is 12.5. The summed E-state index contributed by atoms with van der Waals surface area (Å²) in [6.45, 7) is 13.1. The summed E-state index contributed by atoms with van der Waals surface area (Å²) in [5.74, 6) is -0.253. The molecule has 0 radical (unpaired) electrons. The lowest BCUT2D eigenvalue weighted by Crippen LogP contribution is -2.65. The molecule has 0 aromatic carbocycles. The minimum Gasteiger partial charge on any atom is -0.371 e. The fourth-order valence-electron chi connectivity index (χ4n) is 6.84. The van der Waals surface area contributed by atoms with Crippen LogP contribution >= 0.6 is 0 Å². The van der Waals surface area contributed by atoms with Crippen molar-refractivity contribution < 1.29 is 21.8 Å². The SMILES string of the molecule is CC1(C)CC2(C)COC3(COCS(=O)(=O)[N+](C)(C)C)CCCC3(C)C2(C)C1. The van der Waals surface area contributed by atoms with Crippen molar-refractivity contribution in [2.75, 3.05) is 40.3 Å². The monoisotopic (exact) mass is 402 g/mol. The summed E-state index contributed by atoms with van der Waals surface area (Å²) in [5, 5.41) is 0. The van der Waals surface area contributed by atoms with Gasteiger partial charge in [0, 0.05) is 5.41 Å². The predicted molar refractivity (Wildman–Crippen MR) is 108 cm³/mol. The van der Waals surface area contributed by atoms with E-state index in [1.165, 1.54) is 12.8 Å². The van der Waals surface area contributed by atoms with Gasteiger partial charge in [-0.1, -0.05) is 34.6 Å². The third kappa shape index (κ3) is 2.92. The molecule has 3 rings (SSSR count). The first-order chi connectivity index (χ1) is 12.0. The number of hydrogen-bond acceptors (Lipinski definition) is 4. The van der Waals surface area contributed by atoms with Gasteiger partial charge in [-0.3, -0.25) is 0 Å². The van der Waals surface area contributed by atoms with Crippen LogP contribution in [-0.4, -0.2) is 58.2 Å². The van der Waals surface area contributed by atoms with Crippen LogP contribution < -0.4 is 0 Å². The van der Waals surface area contributed by atoms with Gasteiger partial charge in [-0.05, 0) is 48.3 Å². The molecule has 3 aliphatic rings. The van der Waals surface area contributed by atoms with Crippen LogP contribution in [0.15, 0.2) is 0 Å². The highest BCUT2D eigenvalue weighted by molar-refractivity contribution is 7.85. The summed E-state index contributed by atoms with van der Waals surface area (Å²) in [4.78, 5) is 0. The molecular formula is C21H40NO4S+. The number of nitrogens with zero attached hydrogens (tertiary/aromatic N) is 1. The van der Waals surface area contributed by atoms with E-state index < -0.39 is 10.0 Å². The quantitative estimate of drug-likeness (QED) is 0.657. The Morgan fingerprint density at radius 2 is 1.59 bits per heavy atom. The van der Waals surface area contributed by atoms with Crippen LogP contribution in [0.5, 0.6) is 0 Å². The molecule has 6 heteroatoms. The molecule has 1 aliphatic heterocycles. The second-order valence-corrected chi connectivity index (χ2v) is 14.3. The van der Waals surface area contributed by atoms with Crippen molar-refractivity contribution in [1.82, 2.24) is 0 Å². The van der Waals surface area contributed by atoms with Gasteiger partial charge >= 0.3 is 10.0 Å². The van der Waals surface area contributed by atoms with Crippen molar-refractivity contribution in [3.05, 3.63) is 0 Å². The lowest BCUT2D eigenvalue weighted by Gasteiger charge is -2.63. The van der Waals surface area contributed by atoms with Crippen LogP contribution in [0.1, 0.15) is 66.7 Å². The molecule has 0 amide bonds. The first-order valence-electron chi connectivity index (χ1n) is 10.3. The van der Waals surface area contributed by atoms with Crippen molar-refractivity contribution in [3.8, 4) is 0 Å². The Labute approximate surface area is 166 Å². The number of rotatable bonds is 5. The second kappa shape index (κ2) is 5.93. The zero-order valence-corrected chi connectivity index (χ0v) is 19.5. The number of fused-ring (bicyclic) bond motifs is 3. The summed E-state index contributed by atoms with van der Waals surface area (Å²) in [6, 6.07) is 0. The predicted octanol–water partition coefficient (Wildman–Crippen LogP) is 3.79. The Bertz CT molecular complexity index is 712. The van der Waals surface area contributed by atoms with Gasteiger partial charge < -0.3 is 9.47 Å². The molecule has 0 N–H and O–H groups in total. The third-order valence-electron chi connectivity index (χ3n) is 8.58. The van der Waals surface area contributed by atoms with Gasteiger partial charge in [-0.15, -0.1) is 0 Å². The average molecular weight is 403 g/mol. The highest BCUT2D eigenvalue weighted by Gasteiger charge is 2.73. The molecule has 1 heterocycles. The van der Waals surface area contributed by atoms with Crippen molar-refractivity contribution in [3.63, 3.8) is 0 Å². The molecule has 0 bridgehead atoms. The minimum absolute atomic E-state index is 0.00111. The van der Waals surface area contributed by atoms with Crippen molar-refractivity contribution in [2.24, 2.45) is 21.7 Å². The van der Waals surface area contributed by atoms with E-state index in [0.29, 0.717) is 12.0 Å². The van der Waals surface area contributed by atoms with E-state index in [1.807, 2.05) is 0 Å². The molecule has 4 unspecified atom stereocenters. The molecule has 27 heavy (non-hydrogen) atoms. The first kappa shape index (κ1) is 21.5. The molecule has 2 saturated carbocycles. The highest BCUT2D eigenvalue weighted by atomic mass is 32.2. The summed E-state index contributed by atoms with van der Waals surface area (Å²) >= 11 is 0. The van der Waals surface area contributed by atoms with Gasteiger partial charge in [0.1, 0.15) is 0 Å². The van der Waals surface area contributed by atoms with E-state index in [0.717, 1.165) is 25.9 Å². The molecule has 0 aromatic heterocycles. The molecule has 0 spiro atoms. The van der Waals surface area contributed by atoms with Crippen LogP contribution in [0.2, 0.25) is 0 Å². The number of sulfonamides is 1. The number of ether oxygens (including phenoxy) is 2. The fourth-order valence-corrected chi connectivity index (χ4v) is 7.45. The molecule has 2 aliphatic carbocycles. The number of quaternary nitrogens is 1. The first-order valence-corrected chi connectivity index (χ1v) is 11.9. The number of hydrogen-bond donors (Lipinski definition) is 0. The molecule has 158 valence electrons. The summed E-state index contributed by atoms with van der Waals surface area (Å²) < 4.78 is 37.3. The smallest absolute Gasteiger partial charge is 0.320 e. The van der Waals surface area contributed by atoms with Gasteiger partial charge in [0.15, 0.2) is 5.94 Å². The Kier molecular flexibility index (Phi) is 4.73. The molecule has 0 aromatic rings. The Balaban J connectivity index is 1.86. The zero-order valence-electron chi connectivity index (χ0n) is 18.6. The van der Waals surface area contributed by atoms with Crippen molar-refractivity contribution in [1.29, 1.82) is 0 Å². The van der Waals surface area contributed by atoms with Gasteiger partial charge in [0.05, 0.1) is 40.0 Å². The average Bonchev–Trinajstić information content (AvgIpc) is 2.90. The molecule has 4 atom stereocenters. The van der Waals surface area contributed by atoms with E-state index in [9.17, 15) is 8.42 Å². The molecular weight excluding hydrogens is 362 g/mol. The van der Waals surface area contributed by atoms with E-state index in [1.54, 1.807) is 21.1 Å². The largest absolute Gasteiger partial charge is 0.371 e. The van der Waals surface area contributed by atoms with Crippen LogP contribution in [0.3, 0.4) is 0 Å². The van der Waals surface area contributed by atoms with E-state index in [-0.39, 0.29) is 31.7 Å². The van der Waals surface area contributed by atoms with Crippen LogP contribution in [0, 0.1) is 21.7 Å². The minimum atomic E-state index is -3.35. The van der Waals surface area contributed by atoms with Crippen molar-refractivity contribution in [2.45, 2.75) is 72.3 Å². The maximum Gasteiger partial charge on any atom is 0.320 e. The van der Waals surface area contributed by atoms with Gasteiger partial charge in [-0.25, -0.2) is 3.89 Å². The fraction of sp³-hybridized carbons (Fsp3) is 1.00. The van der Waals surface area contributed by atoms with Crippen LogP contribution in [0.25, 0.3) is 0 Å². The lowest BCUT2D eigenvalue weighted by atomic mass is 9.48. The summed E-state index contributed by atoms with van der Waals surface area (Å²) in [7, 11) is 1.65. The van der Waals surface area contributed by atoms with Crippen molar-refractivity contribution >= 4 is 10.0 Å². The van der Waals surface area contributed by atoms with E-state index in [4.69, 9.17) is 9.47 Å². The third-order valence-corrected chi connectivity index (χ3v) is 10.7. The normalized spacial score (nSPS) is 44.1. The van der Waals surface area contributed by atoms with Gasteiger partial charge in [0.25, 0.3) is 0 Å². The highest BCUT2D eigenvalue weighted by Crippen LogP contribution is 2.75. The second-order valence-electron chi connectivity index (χ2n) is 11.8. The zero-order chi connectivity index (χ0) is 20.6. The molecule has 3 fully saturated rings. The van der Waals surface area contributed by atoms with Crippen LogP contribution in [0.4, 0.5) is 0 Å². The Morgan fingerprint density at radius 1 is 0.963 bits per heavy atom. The van der Waals surface area contributed by atoms with Gasteiger partial charge in [0.2, 0.25) is 0 Å². The lowest BCUT2D eigenvalue weighted by molar-refractivity contribution is -0.739. The topological polar surface area (TPSA) is 52.6 Å². The van der Waals surface area contributed by atoms with E-state index in [2.05, 4.69) is 34.6 Å². The Hall–Kier alpha value is -0.170.